The zero-order valence-electron chi connectivity index (χ0n) is 11.0. The van der Waals surface area contributed by atoms with Crippen molar-refractivity contribution >= 4 is 11.3 Å². The van der Waals surface area contributed by atoms with Crippen molar-refractivity contribution in [3.8, 4) is 0 Å². The average molecular weight is 272 g/mol. The number of hydrogen-bond acceptors (Lipinski definition) is 3. The fraction of sp³-hybridized carbons (Fsp3) is 0.375. The van der Waals surface area contributed by atoms with E-state index in [1.165, 1.54) is 23.4 Å². The summed E-state index contributed by atoms with van der Waals surface area (Å²) in [6.45, 7) is 3.28. The minimum Gasteiger partial charge on any atom is -0.322 e. The Morgan fingerprint density at radius 1 is 1.21 bits per heavy atom. The van der Waals surface area contributed by atoms with Gasteiger partial charge in [-0.2, -0.15) is 0 Å². The largest absolute Gasteiger partial charge is 0.322 e. The Labute approximate surface area is 118 Å². The molecule has 1 saturated heterocycles. The third-order valence-electron chi connectivity index (χ3n) is 3.91. The Kier molecular flexibility index (Phi) is 3.97. The molecule has 1 aromatic heterocycles. The number of nitrogens with two attached hydrogens (primary N) is 1. The summed E-state index contributed by atoms with van der Waals surface area (Å²) in [5, 5.41) is 2.10. The molecule has 100 valence electrons. The molecule has 0 radical (unpaired) electrons. The Hall–Kier alpha value is -1.16. The lowest BCUT2D eigenvalue weighted by molar-refractivity contribution is 0.313. The van der Waals surface area contributed by atoms with Gasteiger partial charge in [0, 0.05) is 18.0 Å². The summed E-state index contributed by atoms with van der Waals surface area (Å²) in [4.78, 5) is 3.80. The lowest BCUT2D eigenvalue weighted by atomic mass is 9.99. The second-order valence-corrected chi connectivity index (χ2v) is 6.26. The number of likely N-dealkylation sites (tertiary alicyclic amines) is 1. The van der Waals surface area contributed by atoms with Crippen LogP contribution in [-0.2, 0) is 0 Å². The second-order valence-electron chi connectivity index (χ2n) is 5.28. The van der Waals surface area contributed by atoms with Gasteiger partial charge in [0.05, 0.1) is 6.04 Å². The van der Waals surface area contributed by atoms with Gasteiger partial charge in [-0.05, 0) is 35.9 Å². The van der Waals surface area contributed by atoms with Crippen molar-refractivity contribution in [2.24, 2.45) is 5.73 Å². The minimum absolute atomic E-state index is 0.162. The summed E-state index contributed by atoms with van der Waals surface area (Å²) in [6.07, 6.45) is 1.25. The highest BCUT2D eigenvalue weighted by Crippen LogP contribution is 2.28. The van der Waals surface area contributed by atoms with E-state index in [4.69, 9.17) is 5.73 Å². The van der Waals surface area contributed by atoms with Crippen LogP contribution >= 0.6 is 11.3 Å². The maximum Gasteiger partial charge on any atom is 0.0519 e. The molecule has 2 aromatic rings. The summed E-state index contributed by atoms with van der Waals surface area (Å²) in [6, 6.07) is 15.2. The first-order valence-corrected chi connectivity index (χ1v) is 7.77. The van der Waals surface area contributed by atoms with E-state index in [1.54, 1.807) is 11.3 Å². The molecule has 2 atom stereocenters. The number of hydrogen-bond donors (Lipinski definition) is 1. The summed E-state index contributed by atoms with van der Waals surface area (Å²) in [7, 11) is 0. The highest BCUT2D eigenvalue weighted by molar-refractivity contribution is 7.10. The lowest BCUT2D eigenvalue weighted by Gasteiger charge is -2.20. The van der Waals surface area contributed by atoms with Gasteiger partial charge in [-0.1, -0.05) is 36.4 Å². The van der Waals surface area contributed by atoms with Gasteiger partial charge in [0.2, 0.25) is 0 Å². The van der Waals surface area contributed by atoms with Gasteiger partial charge in [-0.25, -0.2) is 0 Å². The molecule has 2 unspecified atom stereocenters. The Balaban J connectivity index is 1.58. The Morgan fingerprint density at radius 2 is 2.05 bits per heavy atom. The van der Waals surface area contributed by atoms with Gasteiger partial charge in [0.15, 0.2) is 0 Å². The van der Waals surface area contributed by atoms with E-state index in [2.05, 4.69) is 52.7 Å². The van der Waals surface area contributed by atoms with Gasteiger partial charge in [-0.3, -0.25) is 0 Å². The van der Waals surface area contributed by atoms with Crippen LogP contribution in [0, 0.1) is 0 Å². The van der Waals surface area contributed by atoms with E-state index >= 15 is 0 Å². The van der Waals surface area contributed by atoms with E-state index in [9.17, 15) is 0 Å². The molecule has 1 aliphatic rings. The lowest BCUT2D eigenvalue weighted by Crippen LogP contribution is -2.30. The summed E-state index contributed by atoms with van der Waals surface area (Å²) < 4.78 is 0. The smallest absolute Gasteiger partial charge is 0.0519 e. The molecule has 2 heterocycles. The molecule has 1 aromatic carbocycles. The van der Waals surface area contributed by atoms with Gasteiger partial charge in [-0.15, -0.1) is 11.3 Å². The molecule has 0 amide bonds. The third-order valence-corrected chi connectivity index (χ3v) is 4.91. The van der Waals surface area contributed by atoms with Crippen LogP contribution in [0.15, 0.2) is 47.8 Å². The Morgan fingerprint density at radius 3 is 2.79 bits per heavy atom. The first-order valence-electron chi connectivity index (χ1n) is 6.89. The fourth-order valence-corrected chi connectivity index (χ4v) is 3.59. The quantitative estimate of drug-likeness (QED) is 0.926. The van der Waals surface area contributed by atoms with Crippen LogP contribution in [0.1, 0.15) is 28.8 Å². The summed E-state index contributed by atoms with van der Waals surface area (Å²) >= 11 is 1.76. The fourth-order valence-electron chi connectivity index (χ4n) is 2.87. The Bertz CT molecular complexity index is 495. The van der Waals surface area contributed by atoms with Crippen LogP contribution in [0.5, 0.6) is 0 Å². The first-order chi connectivity index (χ1) is 9.33. The molecule has 19 heavy (non-hydrogen) atoms. The van der Waals surface area contributed by atoms with Crippen LogP contribution in [0.2, 0.25) is 0 Å². The molecule has 3 rings (SSSR count). The topological polar surface area (TPSA) is 29.3 Å². The van der Waals surface area contributed by atoms with Crippen LogP contribution in [0.25, 0.3) is 0 Å². The monoisotopic (exact) mass is 272 g/mol. The van der Waals surface area contributed by atoms with Crippen LogP contribution in [-0.4, -0.2) is 24.5 Å². The van der Waals surface area contributed by atoms with Crippen molar-refractivity contribution in [2.45, 2.75) is 18.4 Å². The van der Waals surface area contributed by atoms with E-state index < -0.39 is 0 Å². The maximum atomic E-state index is 6.27. The predicted molar refractivity (Wildman–Crippen MR) is 81.5 cm³/mol. The average Bonchev–Trinajstić information content (AvgIpc) is 3.11. The SMILES string of the molecule is NC(CN1CCC(c2ccccc2)C1)c1cccs1. The molecule has 0 bridgehead atoms. The van der Waals surface area contributed by atoms with E-state index in [-0.39, 0.29) is 6.04 Å². The molecule has 3 heteroatoms. The second kappa shape index (κ2) is 5.87. The molecule has 0 saturated carbocycles. The van der Waals surface area contributed by atoms with E-state index in [0.29, 0.717) is 5.92 Å². The van der Waals surface area contributed by atoms with Crippen LogP contribution in [0.3, 0.4) is 0 Å². The van der Waals surface area contributed by atoms with Crippen molar-refractivity contribution < 1.29 is 0 Å². The molecule has 2 nitrogen and oxygen atoms in total. The van der Waals surface area contributed by atoms with Gasteiger partial charge < -0.3 is 10.6 Å². The normalized spacial score (nSPS) is 21.6. The third kappa shape index (κ3) is 3.06. The van der Waals surface area contributed by atoms with Crippen molar-refractivity contribution in [2.75, 3.05) is 19.6 Å². The minimum atomic E-state index is 0.162. The van der Waals surface area contributed by atoms with Crippen molar-refractivity contribution in [3.05, 3.63) is 58.3 Å². The van der Waals surface area contributed by atoms with Crippen molar-refractivity contribution in [3.63, 3.8) is 0 Å². The molecule has 1 aliphatic heterocycles. The number of rotatable bonds is 4. The van der Waals surface area contributed by atoms with Gasteiger partial charge in [0.25, 0.3) is 0 Å². The summed E-state index contributed by atoms with van der Waals surface area (Å²) in [5.41, 5.74) is 7.74. The molecule has 0 spiro atoms. The van der Waals surface area contributed by atoms with Crippen LogP contribution in [0.4, 0.5) is 0 Å². The van der Waals surface area contributed by atoms with Crippen LogP contribution < -0.4 is 5.73 Å². The van der Waals surface area contributed by atoms with E-state index in [0.717, 1.165) is 13.1 Å². The molecular weight excluding hydrogens is 252 g/mol. The molecular formula is C16H20N2S. The number of thiophene rings is 1. The highest BCUT2D eigenvalue weighted by Gasteiger charge is 2.25. The highest BCUT2D eigenvalue weighted by atomic mass is 32.1. The van der Waals surface area contributed by atoms with E-state index in [1.807, 2.05) is 0 Å². The first kappa shape index (κ1) is 12.9. The zero-order chi connectivity index (χ0) is 13.1. The molecule has 2 N–H and O–H groups in total. The number of nitrogens with zero attached hydrogens (tertiary/aromatic N) is 1. The molecule has 1 fully saturated rings. The van der Waals surface area contributed by atoms with Crippen molar-refractivity contribution in [1.82, 2.24) is 4.90 Å². The summed E-state index contributed by atoms with van der Waals surface area (Å²) in [5.74, 6) is 0.678. The van der Waals surface area contributed by atoms with Crippen molar-refractivity contribution in [1.29, 1.82) is 0 Å². The number of benzene rings is 1. The zero-order valence-corrected chi connectivity index (χ0v) is 11.9. The van der Waals surface area contributed by atoms with Gasteiger partial charge in [0.1, 0.15) is 0 Å². The maximum absolute atomic E-state index is 6.27. The standard InChI is InChI=1S/C16H20N2S/c17-15(16-7-4-10-19-16)12-18-9-8-14(11-18)13-5-2-1-3-6-13/h1-7,10,14-15H,8-9,11-12,17H2. The predicted octanol–water partition coefficient (Wildman–Crippen LogP) is 3.24. The van der Waals surface area contributed by atoms with Gasteiger partial charge >= 0.3 is 0 Å². The molecule has 0 aliphatic carbocycles.